The zero-order valence-electron chi connectivity index (χ0n) is 17.8. The molecule has 2 amide bonds. The third kappa shape index (κ3) is 7.90. The van der Waals surface area contributed by atoms with Gasteiger partial charge in [0.25, 0.3) is 0 Å². The molecule has 1 unspecified atom stereocenters. The molecule has 4 nitrogen and oxygen atoms in total. The van der Waals surface area contributed by atoms with Crippen molar-refractivity contribution in [1.82, 2.24) is 10.2 Å². The third-order valence-corrected chi connectivity index (χ3v) is 6.69. The molecule has 0 aliphatic carbocycles. The maximum absolute atomic E-state index is 13.2. The summed E-state index contributed by atoms with van der Waals surface area (Å²) >= 11 is 19.8. The van der Waals surface area contributed by atoms with Gasteiger partial charge in [-0.2, -0.15) is 0 Å². The fraction of sp³-hybridized carbons (Fsp3) is 0.391. The van der Waals surface area contributed by atoms with E-state index in [0.717, 1.165) is 11.1 Å². The Bertz CT molecular complexity index is 908. The number of amides is 2. The molecule has 168 valence electrons. The Labute approximate surface area is 203 Å². The maximum Gasteiger partial charge on any atom is 0.243 e. The van der Waals surface area contributed by atoms with Gasteiger partial charge in [-0.15, -0.1) is 11.8 Å². The van der Waals surface area contributed by atoms with E-state index in [0.29, 0.717) is 27.2 Å². The van der Waals surface area contributed by atoms with Gasteiger partial charge in [-0.1, -0.05) is 66.0 Å². The second kappa shape index (κ2) is 12.6. The van der Waals surface area contributed by atoms with Crippen molar-refractivity contribution in [3.05, 3.63) is 68.7 Å². The molecule has 31 heavy (non-hydrogen) atoms. The minimum atomic E-state index is -0.572. The zero-order valence-corrected chi connectivity index (χ0v) is 20.9. The van der Waals surface area contributed by atoms with Crippen molar-refractivity contribution in [2.75, 3.05) is 5.75 Å². The lowest BCUT2D eigenvalue weighted by Crippen LogP contribution is -2.51. The van der Waals surface area contributed by atoms with Crippen LogP contribution in [0.5, 0.6) is 0 Å². The molecule has 0 aliphatic rings. The van der Waals surface area contributed by atoms with Crippen molar-refractivity contribution in [2.45, 2.75) is 51.6 Å². The van der Waals surface area contributed by atoms with E-state index in [4.69, 9.17) is 34.8 Å². The lowest BCUT2D eigenvalue weighted by Gasteiger charge is -2.31. The quantitative estimate of drug-likeness (QED) is 0.421. The summed E-state index contributed by atoms with van der Waals surface area (Å²) in [7, 11) is 0. The summed E-state index contributed by atoms with van der Waals surface area (Å²) in [6, 6.07) is 12.2. The maximum atomic E-state index is 13.2. The Balaban J connectivity index is 2.15. The first-order valence-corrected chi connectivity index (χ1v) is 12.4. The molecule has 0 heterocycles. The third-order valence-electron chi connectivity index (χ3n) is 4.59. The minimum Gasteiger partial charge on any atom is -0.352 e. The normalized spacial score (nSPS) is 12.0. The molecule has 0 aromatic heterocycles. The summed E-state index contributed by atoms with van der Waals surface area (Å²) < 4.78 is 0. The number of hydrogen-bond donors (Lipinski definition) is 1. The number of rotatable bonds is 10. The molecule has 0 aliphatic heterocycles. The van der Waals surface area contributed by atoms with Crippen LogP contribution in [0.4, 0.5) is 0 Å². The van der Waals surface area contributed by atoms with Crippen LogP contribution < -0.4 is 5.32 Å². The van der Waals surface area contributed by atoms with Gasteiger partial charge in [0.1, 0.15) is 6.04 Å². The highest BCUT2D eigenvalue weighted by Crippen LogP contribution is 2.25. The summed E-state index contributed by atoms with van der Waals surface area (Å²) in [5, 5.41) is 4.48. The number of carbonyl (C=O) groups is 2. The van der Waals surface area contributed by atoms with E-state index in [1.165, 1.54) is 11.8 Å². The predicted molar refractivity (Wildman–Crippen MR) is 132 cm³/mol. The second-order valence-electron chi connectivity index (χ2n) is 7.44. The first kappa shape index (κ1) is 25.9. The highest BCUT2D eigenvalue weighted by molar-refractivity contribution is 7.99. The van der Waals surface area contributed by atoms with Crippen molar-refractivity contribution in [3.63, 3.8) is 0 Å². The minimum absolute atomic E-state index is 0.0113. The van der Waals surface area contributed by atoms with Gasteiger partial charge in [-0.05, 0) is 49.6 Å². The monoisotopic (exact) mass is 500 g/mol. The van der Waals surface area contributed by atoms with Crippen LogP contribution in [0, 0.1) is 0 Å². The van der Waals surface area contributed by atoms with E-state index >= 15 is 0 Å². The van der Waals surface area contributed by atoms with Gasteiger partial charge in [0, 0.05) is 23.4 Å². The molecule has 2 aromatic carbocycles. The van der Waals surface area contributed by atoms with Crippen molar-refractivity contribution in [1.29, 1.82) is 0 Å². The SMILES string of the molecule is CCC(C(=O)NC(C)C)N(Cc1ccccc1Cl)C(=O)CSCc1ccc(Cl)c(Cl)c1. The first-order chi connectivity index (χ1) is 14.7. The Morgan fingerprint density at radius 2 is 1.74 bits per heavy atom. The average Bonchev–Trinajstić information content (AvgIpc) is 2.71. The van der Waals surface area contributed by atoms with Gasteiger partial charge in [0.15, 0.2) is 0 Å². The largest absolute Gasteiger partial charge is 0.352 e. The number of carbonyl (C=O) groups excluding carboxylic acids is 2. The van der Waals surface area contributed by atoms with E-state index in [9.17, 15) is 9.59 Å². The molecule has 2 aromatic rings. The molecular formula is C23H27Cl3N2O2S. The Morgan fingerprint density at radius 1 is 1.03 bits per heavy atom. The van der Waals surface area contributed by atoms with E-state index in [2.05, 4.69) is 5.32 Å². The number of nitrogens with one attached hydrogen (secondary N) is 1. The zero-order chi connectivity index (χ0) is 23.0. The predicted octanol–water partition coefficient (Wildman–Crippen LogP) is 6.21. The molecule has 1 N–H and O–H groups in total. The molecule has 0 spiro atoms. The highest BCUT2D eigenvalue weighted by Gasteiger charge is 2.29. The summed E-state index contributed by atoms with van der Waals surface area (Å²) in [5.41, 5.74) is 1.79. The van der Waals surface area contributed by atoms with E-state index < -0.39 is 6.04 Å². The smallest absolute Gasteiger partial charge is 0.243 e. The van der Waals surface area contributed by atoms with Gasteiger partial charge in [0.05, 0.1) is 15.8 Å². The van der Waals surface area contributed by atoms with E-state index in [1.807, 2.05) is 45.0 Å². The first-order valence-electron chi connectivity index (χ1n) is 10.1. The number of halogens is 3. The summed E-state index contributed by atoms with van der Waals surface area (Å²) in [4.78, 5) is 27.6. The van der Waals surface area contributed by atoms with Crippen LogP contribution in [0.25, 0.3) is 0 Å². The Morgan fingerprint density at radius 3 is 2.35 bits per heavy atom. The lowest BCUT2D eigenvalue weighted by molar-refractivity contribution is -0.139. The molecule has 0 saturated heterocycles. The summed E-state index contributed by atoms with van der Waals surface area (Å²) in [6.45, 7) is 5.98. The fourth-order valence-electron chi connectivity index (χ4n) is 3.08. The van der Waals surface area contributed by atoms with Crippen LogP contribution in [0.15, 0.2) is 42.5 Å². The number of benzene rings is 2. The number of hydrogen-bond acceptors (Lipinski definition) is 3. The number of thioether (sulfide) groups is 1. The molecule has 0 saturated carbocycles. The van der Waals surface area contributed by atoms with Crippen molar-refractivity contribution < 1.29 is 9.59 Å². The highest BCUT2D eigenvalue weighted by atomic mass is 35.5. The van der Waals surface area contributed by atoms with Crippen LogP contribution in [0.3, 0.4) is 0 Å². The molecule has 8 heteroatoms. The number of nitrogens with zero attached hydrogens (tertiary/aromatic N) is 1. The summed E-state index contributed by atoms with van der Waals surface area (Å²) in [6.07, 6.45) is 0.506. The lowest BCUT2D eigenvalue weighted by atomic mass is 10.1. The van der Waals surface area contributed by atoms with Gasteiger partial charge < -0.3 is 10.2 Å². The Kier molecular flexibility index (Phi) is 10.5. The molecule has 0 fully saturated rings. The van der Waals surface area contributed by atoms with Gasteiger partial charge in [-0.25, -0.2) is 0 Å². The van der Waals surface area contributed by atoms with Crippen molar-refractivity contribution in [2.24, 2.45) is 0 Å². The fourth-order valence-corrected chi connectivity index (χ4v) is 4.45. The van der Waals surface area contributed by atoms with Gasteiger partial charge in [0.2, 0.25) is 11.8 Å². The van der Waals surface area contributed by atoms with Crippen LogP contribution >= 0.6 is 46.6 Å². The van der Waals surface area contributed by atoms with Crippen molar-refractivity contribution >= 4 is 58.4 Å². The van der Waals surface area contributed by atoms with Crippen molar-refractivity contribution in [3.8, 4) is 0 Å². The average molecular weight is 502 g/mol. The van der Waals surface area contributed by atoms with E-state index in [1.54, 1.807) is 23.1 Å². The van der Waals surface area contributed by atoms with Crippen LogP contribution in [0.1, 0.15) is 38.3 Å². The standard InChI is InChI=1S/C23H27Cl3N2O2S/c1-4-21(23(30)27-15(2)3)28(12-17-7-5-6-8-18(17)24)22(29)14-31-13-16-9-10-19(25)20(26)11-16/h5-11,15,21H,4,12-14H2,1-3H3,(H,27,30). The van der Waals surface area contributed by atoms with Crippen LogP contribution in [-0.2, 0) is 21.9 Å². The summed E-state index contributed by atoms with van der Waals surface area (Å²) in [5.74, 6) is 0.566. The molecule has 0 bridgehead atoms. The molecular weight excluding hydrogens is 475 g/mol. The second-order valence-corrected chi connectivity index (χ2v) is 9.65. The molecule has 2 rings (SSSR count). The topological polar surface area (TPSA) is 49.4 Å². The van der Waals surface area contributed by atoms with E-state index in [-0.39, 0.29) is 30.2 Å². The van der Waals surface area contributed by atoms with Crippen LogP contribution in [-0.4, -0.2) is 34.6 Å². The Hall–Kier alpha value is -1.40. The molecule has 1 atom stereocenters. The van der Waals surface area contributed by atoms with Crippen LogP contribution in [0.2, 0.25) is 15.1 Å². The van der Waals surface area contributed by atoms with Gasteiger partial charge >= 0.3 is 0 Å². The molecule has 0 radical (unpaired) electrons. The van der Waals surface area contributed by atoms with Gasteiger partial charge in [-0.3, -0.25) is 9.59 Å².